The molecule has 0 bridgehead atoms. The maximum Gasteiger partial charge on any atom is 0.270 e. The number of piperazine rings is 1. The van der Waals surface area contributed by atoms with Crippen molar-refractivity contribution in [2.75, 3.05) is 30.9 Å². The fourth-order valence-electron chi connectivity index (χ4n) is 3.75. The maximum absolute atomic E-state index is 13.2. The number of rotatable bonds is 7. The average Bonchev–Trinajstić information content (AvgIpc) is 2.85. The Hall–Kier alpha value is -3.83. The Morgan fingerprint density at radius 1 is 1.00 bits per heavy atom. The van der Waals surface area contributed by atoms with Gasteiger partial charge in [-0.2, -0.15) is 0 Å². The number of carbonyl (C=O) groups is 1. The number of nitro benzene ring substituents is 1. The minimum absolute atomic E-state index is 0.123. The zero-order chi connectivity index (χ0) is 24.1. The summed E-state index contributed by atoms with van der Waals surface area (Å²) in [5, 5.41) is 11.0. The van der Waals surface area contributed by atoms with Gasteiger partial charge in [-0.3, -0.25) is 29.5 Å². The first kappa shape index (κ1) is 23.3. The van der Waals surface area contributed by atoms with E-state index in [1.807, 2.05) is 12.1 Å². The molecule has 0 unspecified atom stereocenters. The highest BCUT2D eigenvalue weighted by atomic mass is 32.2. The molecule has 176 valence electrons. The number of nitrogens with zero attached hydrogens (tertiary/aromatic N) is 4. The van der Waals surface area contributed by atoms with Gasteiger partial charge in [-0.05, 0) is 35.9 Å². The van der Waals surface area contributed by atoms with Gasteiger partial charge in [0, 0.05) is 57.3 Å². The largest absolute Gasteiger partial charge is 0.336 e. The Labute approximate surface area is 197 Å². The zero-order valence-corrected chi connectivity index (χ0v) is 19.0. The van der Waals surface area contributed by atoms with Crippen molar-refractivity contribution in [1.29, 1.82) is 0 Å². The minimum atomic E-state index is -4.14. The Balaban J connectivity index is 1.46. The second-order valence-electron chi connectivity index (χ2n) is 7.83. The molecule has 34 heavy (non-hydrogen) atoms. The van der Waals surface area contributed by atoms with Gasteiger partial charge in [0.05, 0.1) is 21.1 Å². The lowest BCUT2D eigenvalue weighted by Crippen LogP contribution is -2.48. The normalized spacial score (nSPS) is 14.5. The summed E-state index contributed by atoms with van der Waals surface area (Å²) < 4.78 is 28.2. The van der Waals surface area contributed by atoms with E-state index in [9.17, 15) is 23.3 Å². The third-order valence-corrected chi connectivity index (χ3v) is 6.92. The van der Waals surface area contributed by atoms with Crippen LogP contribution in [0.1, 0.15) is 15.9 Å². The predicted octanol–water partition coefficient (Wildman–Crippen LogP) is 2.75. The number of sulfonamides is 1. The van der Waals surface area contributed by atoms with E-state index in [1.165, 1.54) is 24.3 Å². The number of nitro groups is 1. The van der Waals surface area contributed by atoms with Gasteiger partial charge in [-0.25, -0.2) is 8.42 Å². The van der Waals surface area contributed by atoms with Crippen LogP contribution in [0.2, 0.25) is 0 Å². The molecule has 1 fully saturated rings. The molecule has 0 spiro atoms. The minimum Gasteiger partial charge on any atom is -0.336 e. The van der Waals surface area contributed by atoms with Crippen LogP contribution in [0.25, 0.3) is 0 Å². The van der Waals surface area contributed by atoms with Crippen molar-refractivity contribution in [2.45, 2.75) is 11.4 Å². The molecule has 1 aromatic heterocycles. The molecule has 2 aromatic carbocycles. The number of benzene rings is 2. The van der Waals surface area contributed by atoms with Crippen molar-refractivity contribution in [3.05, 3.63) is 94.3 Å². The van der Waals surface area contributed by atoms with Crippen LogP contribution in [-0.4, -0.2) is 60.2 Å². The molecule has 0 aliphatic carbocycles. The number of carbonyl (C=O) groups excluding carboxylic acids is 1. The van der Waals surface area contributed by atoms with Crippen molar-refractivity contribution in [1.82, 2.24) is 14.8 Å². The van der Waals surface area contributed by atoms with Crippen LogP contribution >= 0.6 is 0 Å². The molecule has 1 amide bonds. The summed E-state index contributed by atoms with van der Waals surface area (Å²) in [6.07, 6.45) is 3.50. The Morgan fingerprint density at radius 2 is 1.71 bits per heavy atom. The second-order valence-corrected chi connectivity index (χ2v) is 9.51. The Bertz CT molecular complexity index is 1290. The fraction of sp³-hybridized carbons (Fsp3) is 0.217. The summed E-state index contributed by atoms with van der Waals surface area (Å²) in [7, 11) is -4.14. The molecule has 10 nitrogen and oxygen atoms in total. The van der Waals surface area contributed by atoms with Crippen LogP contribution in [0.15, 0.2) is 78.0 Å². The number of anilines is 1. The highest BCUT2D eigenvalue weighted by Gasteiger charge is 2.26. The standard InChI is InChI=1S/C23H23N5O5S/c29-23(27-14-12-26(13-15-27)17-18-8-10-24-11-9-18)21-6-1-2-7-22(21)25-34(32,33)20-5-3-4-19(16-20)28(30)31/h1-11,16,25H,12-15,17H2. The molecule has 1 saturated heterocycles. The summed E-state index contributed by atoms with van der Waals surface area (Å²) in [4.78, 5) is 31.3. The predicted molar refractivity (Wildman–Crippen MR) is 126 cm³/mol. The molecule has 0 saturated carbocycles. The van der Waals surface area contributed by atoms with Gasteiger partial charge in [0.25, 0.3) is 21.6 Å². The highest BCUT2D eigenvalue weighted by Crippen LogP contribution is 2.24. The van der Waals surface area contributed by atoms with Gasteiger partial charge in [-0.1, -0.05) is 18.2 Å². The first-order valence-corrected chi connectivity index (χ1v) is 12.1. The SMILES string of the molecule is O=C(c1ccccc1NS(=O)(=O)c1cccc([N+](=O)[O-])c1)N1CCN(Cc2ccncc2)CC1. The average molecular weight is 482 g/mol. The monoisotopic (exact) mass is 481 g/mol. The molecule has 0 radical (unpaired) electrons. The van der Waals surface area contributed by atoms with Crippen LogP contribution in [0.3, 0.4) is 0 Å². The van der Waals surface area contributed by atoms with Crippen LogP contribution < -0.4 is 4.72 Å². The summed E-state index contributed by atoms with van der Waals surface area (Å²) in [6.45, 7) is 3.17. The third kappa shape index (κ3) is 5.38. The third-order valence-electron chi connectivity index (χ3n) is 5.56. The zero-order valence-electron chi connectivity index (χ0n) is 18.2. The van der Waals surface area contributed by atoms with Gasteiger partial charge < -0.3 is 4.90 Å². The number of non-ortho nitro benzene ring substituents is 1. The van der Waals surface area contributed by atoms with E-state index in [1.54, 1.807) is 35.5 Å². The molecule has 11 heteroatoms. The summed E-state index contributed by atoms with van der Waals surface area (Å²) in [6, 6.07) is 15.0. The summed E-state index contributed by atoms with van der Waals surface area (Å²) in [5.74, 6) is -0.277. The first-order valence-electron chi connectivity index (χ1n) is 10.6. The molecule has 1 aliphatic heterocycles. The summed E-state index contributed by atoms with van der Waals surface area (Å²) >= 11 is 0. The van der Waals surface area contributed by atoms with Crippen molar-refractivity contribution < 1.29 is 18.1 Å². The summed E-state index contributed by atoms with van der Waals surface area (Å²) in [5.41, 5.74) is 1.16. The van der Waals surface area contributed by atoms with E-state index in [2.05, 4.69) is 14.6 Å². The highest BCUT2D eigenvalue weighted by molar-refractivity contribution is 7.92. The number of pyridine rings is 1. The molecule has 1 N–H and O–H groups in total. The molecule has 1 aliphatic rings. The lowest BCUT2D eigenvalue weighted by Gasteiger charge is -2.35. The van der Waals surface area contributed by atoms with Crippen LogP contribution in [0, 0.1) is 10.1 Å². The number of hydrogen-bond donors (Lipinski definition) is 1. The van der Waals surface area contributed by atoms with Gasteiger partial charge in [0.15, 0.2) is 0 Å². The van der Waals surface area contributed by atoms with Crippen LogP contribution in [-0.2, 0) is 16.6 Å². The van der Waals surface area contributed by atoms with E-state index in [0.717, 1.165) is 18.2 Å². The molecule has 0 atom stereocenters. The molecule has 3 aromatic rings. The lowest BCUT2D eigenvalue weighted by molar-refractivity contribution is -0.385. The lowest BCUT2D eigenvalue weighted by atomic mass is 10.1. The van der Waals surface area contributed by atoms with E-state index >= 15 is 0 Å². The van der Waals surface area contributed by atoms with Crippen molar-refractivity contribution >= 4 is 27.3 Å². The smallest absolute Gasteiger partial charge is 0.270 e. The van der Waals surface area contributed by atoms with Crippen molar-refractivity contribution in [3.8, 4) is 0 Å². The van der Waals surface area contributed by atoms with E-state index in [0.29, 0.717) is 26.2 Å². The topological polar surface area (TPSA) is 126 Å². The number of para-hydroxylation sites is 1. The van der Waals surface area contributed by atoms with Gasteiger partial charge >= 0.3 is 0 Å². The molecule has 2 heterocycles. The first-order chi connectivity index (χ1) is 16.3. The van der Waals surface area contributed by atoms with E-state index in [-0.39, 0.29) is 27.7 Å². The number of aromatic nitrogens is 1. The van der Waals surface area contributed by atoms with E-state index in [4.69, 9.17) is 0 Å². The van der Waals surface area contributed by atoms with E-state index < -0.39 is 14.9 Å². The maximum atomic E-state index is 13.2. The molecular formula is C23H23N5O5S. The second kappa shape index (κ2) is 9.98. The number of amides is 1. The van der Waals surface area contributed by atoms with Gasteiger partial charge in [0.1, 0.15) is 0 Å². The van der Waals surface area contributed by atoms with Crippen molar-refractivity contribution in [2.24, 2.45) is 0 Å². The van der Waals surface area contributed by atoms with Gasteiger partial charge in [-0.15, -0.1) is 0 Å². The Morgan fingerprint density at radius 3 is 2.41 bits per heavy atom. The van der Waals surface area contributed by atoms with Gasteiger partial charge in [0.2, 0.25) is 0 Å². The fourth-order valence-corrected chi connectivity index (χ4v) is 4.87. The Kier molecular flexibility index (Phi) is 6.85. The number of hydrogen-bond acceptors (Lipinski definition) is 7. The quantitative estimate of drug-likeness (QED) is 0.406. The number of nitrogens with one attached hydrogen (secondary N) is 1. The van der Waals surface area contributed by atoms with Crippen molar-refractivity contribution in [3.63, 3.8) is 0 Å². The van der Waals surface area contributed by atoms with Crippen LogP contribution in [0.5, 0.6) is 0 Å². The molecular weight excluding hydrogens is 458 g/mol. The van der Waals surface area contributed by atoms with Crippen LogP contribution in [0.4, 0.5) is 11.4 Å². The molecule has 4 rings (SSSR count).